The summed E-state index contributed by atoms with van der Waals surface area (Å²) in [5.41, 5.74) is 0.338. The van der Waals surface area contributed by atoms with Crippen LogP contribution in [0.25, 0.3) is 0 Å². The number of rotatable bonds is 5. The van der Waals surface area contributed by atoms with E-state index in [1.54, 1.807) is 30.3 Å². The molecule has 7 nitrogen and oxygen atoms in total. The lowest BCUT2D eigenvalue weighted by Crippen LogP contribution is -2.10. The first kappa shape index (κ1) is 19.6. The van der Waals surface area contributed by atoms with Crippen LogP contribution in [0.4, 0.5) is 0 Å². The third kappa shape index (κ3) is 9.49. The topological polar surface area (TPSA) is 99.1 Å². The van der Waals surface area contributed by atoms with Crippen molar-refractivity contribution in [1.29, 1.82) is 0 Å². The molecule has 0 aromatic heterocycles. The zero-order valence-corrected chi connectivity index (χ0v) is 12.6. The summed E-state index contributed by atoms with van der Waals surface area (Å²) in [5.74, 6) is -1.73. The second kappa shape index (κ2) is 12.3. The Hall–Kier alpha value is -2.41. The Morgan fingerprint density at radius 2 is 1.36 bits per heavy atom. The fourth-order valence-electron chi connectivity index (χ4n) is 1.21. The highest BCUT2D eigenvalue weighted by Crippen LogP contribution is 1.99. The summed E-state index contributed by atoms with van der Waals surface area (Å²) in [4.78, 5) is 43.8. The lowest BCUT2D eigenvalue weighted by Gasteiger charge is -2.00. The van der Waals surface area contributed by atoms with Gasteiger partial charge in [-0.1, -0.05) is 32.0 Å². The summed E-state index contributed by atoms with van der Waals surface area (Å²) >= 11 is 0. The molecule has 0 aliphatic heterocycles. The highest BCUT2D eigenvalue weighted by atomic mass is 17.2. The van der Waals surface area contributed by atoms with Gasteiger partial charge in [-0.15, -0.1) is 0 Å². The van der Waals surface area contributed by atoms with Gasteiger partial charge in [0, 0.05) is 12.8 Å². The minimum atomic E-state index is -0.736. The largest absolute Gasteiger partial charge is 0.372 e. The van der Waals surface area contributed by atoms with Crippen LogP contribution in [0.15, 0.2) is 30.3 Å². The van der Waals surface area contributed by atoms with E-state index in [1.165, 1.54) is 0 Å². The number of carbonyl (C=O) groups is 3. The molecule has 0 heterocycles. The van der Waals surface area contributed by atoms with Gasteiger partial charge in [-0.25, -0.2) is 24.2 Å². The van der Waals surface area contributed by atoms with Crippen LogP contribution < -0.4 is 0 Å². The Bertz CT molecular complexity index is 438. The summed E-state index contributed by atoms with van der Waals surface area (Å²) in [6, 6.07) is 8.25. The molecule has 0 aliphatic rings. The summed E-state index contributed by atoms with van der Waals surface area (Å²) in [5, 5.41) is 7.94. The molecule has 122 valence electrons. The number of hydrogen-bond acceptors (Lipinski definition) is 7. The second-order valence-corrected chi connectivity index (χ2v) is 4.16. The summed E-state index contributed by atoms with van der Waals surface area (Å²) in [7, 11) is 0. The van der Waals surface area contributed by atoms with Crippen molar-refractivity contribution in [1.82, 2.24) is 0 Å². The van der Waals surface area contributed by atoms with Crippen LogP contribution in [0.3, 0.4) is 0 Å². The Morgan fingerprint density at radius 3 is 1.73 bits per heavy atom. The van der Waals surface area contributed by atoms with Crippen molar-refractivity contribution in [3.8, 4) is 0 Å². The monoisotopic (exact) mass is 312 g/mol. The first-order chi connectivity index (χ1) is 10.5. The molecule has 0 bridgehead atoms. The van der Waals surface area contributed by atoms with Gasteiger partial charge in [-0.3, -0.25) is 4.89 Å². The predicted octanol–water partition coefficient (Wildman–Crippen LogP) is 2.90. The van der Waals surface area contributed by atoms with Gasteiger partial charge >= 0.3 is 17.9 Å². The quantitative estimate of drug-likeness (QED) is 0.659. The molecule has 1 rings (SSSR count). The van der Waals surface area contributed by atoms with E-state index in [0.29, 0.717) is 18.4 Å². The molecule has 0 atom stereocenters. The standard InChI is InChI=1S/C8H14O4.C7H6O3/c1-3-5-7(9)11-12-8(10)6-4-2;8-7(10-9)6-4-2-1-3-5-6/h3-6H2,1-2H3;1-5,9H. The summed E-state index contributed by atoms with van der Waals surface area (Å²) in [6.45, 7) is 3.68. The first-order valence-corrected chi connectivity index (χ1v) is 6.86. The number of benzene rings is 1. The maximum atomic E-state index is 10.7. The van der Waals surface area contributed by atoms with Crippen molar-refractivity contribution < 1.29 is 34.3 Å². The fraction of sp³-hybridized carbons (Fsp3) is 0.400. The van der Waals surface area contributed by atoms with Gasteiger partial charge in [0.2, 0.25) is 0 Å². The number of hydrogen-bond donors (Lipinski definition) is 1. The van der Waals surface area contributed by atoms with Crippen LogP contribution >= 0.6 is 0 Å². The van der Waals surface area contributed by atoms with E-state index in [4.69, 9.17) is 5.26 Å². The molecule has 0 saturated carbocycles. The molecule has 0 unspecified atom stereocenters. The Labute approximate surface area is 128 Å². The van der Waals surface area contributed by atoms with Gasteiger partial charge in [0.1, 0.15) is 0 Å². The molecule has 0 aliphatic carbocycles. The van der Waals surface area contributed by atoms with E-state index in [0.717, 1.165) is 0 Å². The first-order valence-electron chi connectivity index (χ1n) is 6.86. The number of carbonyl (C=O) groups excluding carboxylic acids is 3. The van der Waals surface area contributed by atoms with Crippen molar-refractivity contribution in [3.05, 3.63) is 35.9 Å². The summed E-state index contributed by atoms with van der Waals surface area (Å²) in [6.07, 6.45) is 1.92. The van der Waals surface area contributed by atoms with Crippen molar-refractivity contribution in [3.63, 3.8) is 0 Å². The maximum Gasteiger partial charge on any atom is 0.372 e. The lowest BCUT2D eigenvalue weighted by atomic mass is 10.2. The van der Waals surface area contributed by atoms with Crippen LogP contribution in [-0.2, 0) is 24.3 Å². The molecule has 0 spiro atoms. The van der Waals surface area contributed by atoms with Crippen molar-refractivity contribution >= 4 is 17.9 Å². The van der Waals surface area contributed by atoms with Crippen molar-refractivity contribution in [2.45, 2.75) is 39.5 Å². The maximum absolute atomic E-state index is 10.7. The average molecular weight is 312 g/mol. The van der Waals surface area contributed by atoms with Gasteiger partial charge in [0.15, 0.2) is 0 Å². The van der Waals surface area contributed by atoms with Crippen LogP contribution in [0.1, 0.15) is 49.9 Å². The molecule has 22 heavy (non-hydrogen) atoms. The molecule has 0 amide bonds. The van der Waals surface area contributed by atoms with Crippen molar-refractivity contribution in [2.75, 3.05) is 0 Å². The molecule has 1 aromatic carbocycles. The lowest BCUT2D eigenvalue weighted by molar-refractivity contribution is -0.259. The van der Waals surface area contributed by atoms with E-state index in [9.17, 15) is 14.4 Å². The third-order valence-electron chi connectivity index (χ3n) is 2.23. The average Bonchev–Trinajstić information content (AvgIpc) is 2.54. The normalized spacial score (nSPS) is 9.05. The SMILES string of the molecule is CCCC(=O)OOC(=O)CCC.O=C(OO)c1ccccc1. The Morgan fingerprint density at radius 1 is 0.909 bits per heavy atom. The van der Waals surface area contributed by atoms with E-state index < -0.39 is 17.9 Å². The fourth-order valence-corrected chi connectivity index (χ4v) is 1.21. The van der Waals surface area contributed by atoms with E-state index in [2.05, 4.69) is 14.7 Å². The van der Waals surface area contributed by atoms with Gasteiger partial charge < -0.3 is 0 Å². The second-order valence-electron chi connectivity index (χ2n) is 4.16. The molecule has 7 heteroatoms. The molecule has 1 aromatic rings. The van der Waals surface area contributed by atoms with Gasteiger partial charge in [0.05, 0.1) is 5.56 Å². The molecule has 0 saturated heterocycles. The Balaban J connectivity index is 0.000000406. The van der Waals surface area contributed by atoms with Crippen LogP contribution in [-0.4, -0.2) is 23.2 Å². The molecular formula is C15H20O7. The highest BCUT2D eigenvalue weighted by Gasteiger charge is 2.07. The van der Waals surface area contributed by atoms with E-state index in [-0.39, 0.29) is 12.8 Å². The zero-order valence-electron chi connectivity index (χ0n) is 12.6. The van der Waals surface area contributed by atoms with Gasteiger partial charge in [-0.2, -0.15) is 5.26 Å². The van der Waals surface area contributed by atoms with Crippen molar-refractivity contribution in [2.24, 2.45) is 0 Å². The summed E-state index contributed by atoms with van der Waals surface area (Å²) < 4.78 is 0. The smallest absolute Gasteiger partial charge is 0.296 e. The minimum Gasteiger partial charge on any atom is -0.296 e. The predicted molar refractivity (Wildman–Crippen MR) is 76.5 cm³/mol. The molecule has 1 N–H and O–H groups in total. The van der Waals surface area contributed by atoms with Crippen LogP contribution in [0.5, 0.6) is 0 Å². The highest BCUT2D eigenvalue weighted by molar-refractivity contribution is 5.88. The molecular weight excluding hydrogens is 292 g/mol. The third-order valence-corrected chi connectivity index (χ3v) is 2.23. The molecule has 0 fully saturated rings. The zero-order chi connectivity index (χ0) is 16.8. The van der Waals surface area contributed by atoms with Gasteiger partial charge in [-0.05, 0) is 25.0 Å². The van der Waals surface area contributed by atoms with E-state index >= 15 is 0 Å². The van der Waals surface area contributed by atoms with Gasteiger partial charge in [0.25, 0.3) is 0 Å². The minimum absolute atomic E-state index is 0.277. The molecule has 0 radical (unpaired) electrons. The van der Waals surface area contributed by atoms with E-state index in [1.807, 2.05) is 13.8 Å². The Kier molecular flexibility index (Phi) is 11.0. The van der Waals surface area contributed by atoms with Crippen LogP contribution in [0.2, 0.25) is 0 Å². The van der Waals surface area contributed by atoms with Crippen LogP contribution in [0, 0.1) is 0 Å².